The fourth-order valence-electron chi connectivity index (χ4n) is 2.43. The van der Waals surface area contributed by atoms with Gasteiger partial charge in [0.05, 0.1) is 11.6 Å². The third-order valence-electron chi connectivity index (χ3n) is 3.68. The lowest BCUT2D eigenvalue weighted by Crippen LogP contribution is -2.30. The van der Waals surface area contributed by atoms with Gasteiger partial charge in [0.25, 0.3) is 0 Å². The predicted molar refractivity (Wildman–Crippen MR) is 83.9 cm³/mol. The summed E-state index contributed by atoms with van der Waals surface area (Å²) in [7, 11) is 0. The maximum atomic E-state index is 12.0. The van der Waals surface area contributed by atoms with Gasteiger partial charge in [-0.3, -0.25) is 4.79 Å². The fourth-order valence-corrected chi connectivity index (χ4v) is 2.43. The van der Waals surface area contributed by atoms with Crippen molar-refractivity contribution in [3.8, 4) is 6.07 Å². The molecule has 0 aliphatic heterocycles. The molecule has 4 nitrogen and oxygen atoms in total. The lowest BCUT2D eigenvalue weighted by Gasteiger charge is -2.21. The number of benzene rings is 1. The first-order valence-electron chi connectivity index (χ1n) is 7.73. The smallest absolute Gasteiger partial charge is 0.225 e. The molecule has 0 spiro atoms. The summed E-state index contributed by atoms with van der Waals surface area (Å²) in [6.45, 7) is 5.18. The highest BCUT2D eigenvalue weighted by atomic mass is 16.1. The van der Waals surface area contributed by atoms with Gasteiger partial charge in [0.1, 0.15) is 0 Å². The van der Waals surface area contributed by atoms with Crippen LogP contribution < -0.4 is 5.32 Å². The van der Waals surface area contributed by atoms with Crippen LogP contribution in [-0.2, 0) is 4.79 Å². The van der Waals surface area contributed by atoms with E-state index in [4.69, 9.17) is 5.26 Å². The molecule has 0 radical (unpaired) electrons. The molecule has 1 aromatic rings. The third-order valence-corrected chi connectivity index (χ3v) is 3.68. The summed E-state index contributed by atoms with van der Waals surface area (Å²) in [4.78, 5) is 14.4. The molecule has 21 heavy (non-hydrogen) atoms. The second kappa shape index (κ2) is 7.80. The Bertz CT molecular complexity index is 517. The molecule has 1 saturated carbocycles. The van der Waals surface area contributed by atoms with Crippen molar-refractivity contribution >= 4 is 11.6 Å². The highest BCUT2D eigenvalue weighted by Crippen LogP contribution is 2.29. The van der Waals surface area contributed by atoms with Gasteiger partial charge in [0.15, 0.2) is 0 Å². The van der Waals surface area contributed by atoms with Gasteiger partial charge in [-0.2, -0.15) is 5.26 Å². The molecule has 0 atom stereocenters. The summed E-state index contributed by atoms with van der Waals surface area (Å²) in [5, 5.41) is 11.7. The minimum absolute atomic E-state index is 0.0157. The maximum absolute atomic E-state index is 12.0. The topological polar surface area (TPSA) is 56.1 Å². The van der Waals surface area contributed by atoms with Crippen LogP contribution in [0.1, 0.15) is 38.2 Å². The Morgan fingerprint density at radius 2 is 2.24 bits per heavy atom. The van der Waals surface area contributed by atoms with Gasteiger partial charge in [-0.05, 0) is 49.9 Å². The Hall–Kier alpha value is -1.86. The number of nitriles is 1. The van der Waals surface area contributed by atoms with Crippen LogP contribution in [0.25, 0.3) is 0 Å². The van der Waals surface area contributed by atoms with Crippen molar-refractivity contribution < 1.29 is 4.79 Å². The quantitative estimate of drug-likeness (QED) is 0.799. The van der Waals surface area contributed by atoms with Crippen LogP contribution in [0.15, 0.2) is 24.3 Å². The number of nitrogens with zero attached hydrogens (tertiary/aromatic N) is 2. The van der Waals surface area contributed by atoms with E-state index in [1.165, 1.54) is 12.8 Å². The Morgan fingerprint density at radius 3 is 2.90 bits per heavy atom. The number of anilines is 1. The Morgan fingerprint density at radius 1 is 1.43 bits per heavy atom. The van der Waals surface area contributed by atoms with E-state index >= 15 is 0 Å². The molecule has 0 unspecified atom stereocenters. The molecule has 0 aromatic heterocycles. The van der Waals surface area contributed by atoms with E-state index in [0.717, 1.165) is 32.0 Å². The molecular weight excluding hydrogens is 262 g/mol. The molecule has 1 amide bonds. The summed E-state index contributed by atoms with van der Waals surface area (Å²) in [5.74, 6) is 0.869. The van der Waals surface area contributed by atoms with Gasteiger partial charge in [0, 0.05) is 25.2 Å². The first kappa shape index (κ1) is 15.5. The lowest BCUT2D eigenvalue weighted by atomic mass is 10.2. The molecule has 0 heterocycles. The maximum Gasteiger partial charge on any atom is 0.225 e. The molecule has 0 bridgehead atoms. The molecule has 1 aliphatic rings. The summed E-state index contributed by atoms with van der Waals surface area (Å²) in [6.07, 6.45) is 4.31. The van der Waals surface area contributed by atoms with Crippen molar-refractivity contribution in [3.05, 3.63) is 29.8 Å². The zero-order chi connectivity index (χ0) is 15.1. The van der Waals surface area contributed by atoms with Crippen molar-refractivity contribution in [1.29, 1.82) is 5.26 Å². The van der Waals surface area contributed by atoms with Crippen LogP contribution in [-0.4, -0.2) is 30.4 Å². The number of hydrogen-bond donors (Lipinski definition) is 1. The van der Waals surface area contributed by atoms with E-state index in [1.54, 1.807) is 18.2 Å². The normalized spacial score (nSPS) is 14.0. The van der Waals surface area contributed by atoms with E-state index < -0.39 is 0 Å². The number of carbonyl (C=O) groups excluding carboxylic acids is 1. The van der Waals surface area contributed by atoms with Crippen molar-refractivity contribution in [3.63, 3.8) is 0 Å². The monoisotopic (exact) mass is 285 g/mol. The van der Waals surface area contributed by atoms with E-state index in [2.05, 4.69) is 23.2 Å². The predicted octanol–water partition coefficient (Wildman–Crippen LogP) is 3.01. The molecule has 112 valence electrons. The first-order chi connectivity index (χ1) is 10.2. The summed E-state index contributed by atoms with van der Waals surface area (Å²) in [5.41, 5.74) is 1.26. The van der Waals surface area contributed by atoms with Crippen LogP contribution in [0, 0.1) is 17.2 Å². The van der Waals surface area contributed by atoms with Gasteiger partial charge in [-0.1, -0.05) is 13.0 Å². The largest absolute Gasteiger partial charge is 0.326 e. The Balaban J connectivity index is 1.78. The van der Waals surface area contributed by atoms with E-state index in [9.17, 15) is 4.79 Å². The van der Waals surface area contributed by atoms with Gasteiger partial charge < -0.3 is 10.2 Å². The van der Waals surface area contributed by atoms with Crippen LogP contribution >= 0.6 is 0 Å². The van der Waals surface area contributed by atoms with E-state index in [0.29, 0.717) is 17.7 Å². The van der Waals surface area contributed by atoms with Crippen LogP contribution in [0.3, 0.4) is 0 Å². The fraction of sp³-hybridized carbons (Fsp3) is 0.529. The molecule has 1 aliphatic carbocycles. The zero-order valence-electron chi connectivity index (χ0n) is 12.6. The number of hydrogen-bond acceptors (Lipinski definition) is 3. The Labute approximate surface area is 126 Å². The number of carbonyl (C=O) groups is 1. The second-order valence-corrected chi connectivity index (χ2v) is 5.73. The van der Waals surface area contributed by atoms with E-state index in [-0.39, 0.29) is 5.91 Å². The van der Waals surface area contributed by atoms with Crippen molar-refractivity contribution in [2.45, 2.75) is 32.6 Å². The second-order valence-electron chi connectivity index (χ2n) is 5.73. The van der Waals surface area contributed by atoms with Gasteiger partial charge in [-0.15, -0.1) is 0 Å². The highest BCUT2D eigenvalue weighted by Gasteiger charge is 2.24. The zero-order valence-corrected chi connectivity index (χ0v) is 12.6. The number of nitrogens with one attached hydrogen (secondary N) is 1. The van der Waals surface area contributed by atoms with Crippen molar-refractivity contribution in [2.24, 2.45) is 5.92 Å². The Kier molecular flexibility index (Phi) is 5.77. The average molecular weight is 285 g/mol. The average Bonchev–Trinajstić information content (AvgIpc) is 3.29. The van der Waals surface area contributed by atoms with Crippen LogP contribution in [0.5, 0.6) is 0 Å². The van der Waals surface area contributed by atoms with Gasteiger partial charge in [-0.25, -0.2) is 0 Å². The van der Waals surface area contributed by atoms with Crippen LogP contribution in [0.4, 0.5) is 5.69 Å². The number of amides is 1. The summed E-state index contributed by atoms with van der Waals surface area (Å²) in [6, 6.07) is 9.10. The van der Waals surface area contributed by atoms with Gasteiger partial charge >= 0.3 is 0 Å². The third kappa shape index (κ3) is 5.57. The highest BCUT2D eigenvalue weighted by molar-refractivity contribution is 5.90. The molecule has 2 rings (SSSR count). The van der Waals surface area contributed by atoms with Crippen LogP contribution in [0.2, 0.25) is 0 Å². The SMILES string of the molecule is CCCN(CCC(=O)Nc1cccc(C#N)c1)CC1CC1. The molecule has 4 heteroatoms. The molecule has 1 fully saturated rings. The minimum atomic E-state index is 0.0157. The first-order valence-corrected chi connectivity index (χ1v) is 7.73. The standard InChI is InChI=1S/C17H23N3O/c1-2-9-20(13-14-6-7-14)10-8-17(21)19-16-5-3-4-15(11-16)12-18/h3-5,11,14H,2,6-10,13H2,1H3,(H,19,21). The van der Waals surface area contributed by atoms with Gasteiger partial charge in [0.2, 0.25) is 5.91 Å². The molecule has 1 aromatic carbocycles. The summed E-state index contributed by atoms with van der Waals surface area (Å²) < 4.78 is 0. The molecule has 1 N–H and O–H groups in total. The lowest BCUT2D eigenvalue weighted by molar-refractivity contribution is -0.116. The minimum Gasteiger partial charge on any atom is -0.326 e. The van der Waals surface area contributed by atoms with Crippen molar-refractivity contribution in [1.82, 2.24) is 4.90 Å². The summed E-state index contributed by atoms with van der Waals surface area (Å²) >= 11 is 0. The van der Waals surface area contributed by atoms with Crippen molar-refractivity contribution in [2.75, 3.05) is 25.0 Å². The molecular formula is C17H23N3O. The van der Waals surface area contributed by atoms with E-state index in [1.807, 2.05) is 6.07 Å². The number of rotatable bonds is 8. The molecule has 0 saturated heterocycles.